The largest absolute Gasteiger partial charge is 0.495 e. The molecule has 142 valence electrons. The van der Waals surface area contributed by atoms with Crippen molar-refractivity contribution in [1.82, 2.24) is 0 Å². The first-order chi connectivity index (χ1) is 13.9. The molecule has 0 spiro atoms. The molecule has 1 fully saturated rings. The van der Waals surface area contributed by atoms with Crippen LogP contribution in [0, 0.1) is 0 Å². The molecule has 3 heteroatoms. The van der Waals surface area contributed by atoms with Gasteiger partial charge < -0.3 is 9.31 Å². The Labute approximate surface area is 171 Å². The monoisotopic (exact) mass is 378 g/mol. The van der Waals surface area contributed by atoms with Crippen LogP contribution in [0.5, 0.6) is 0 Å². The summed E-state index contributed by atoms with van der Waals surface area (Å²) in [6.07, 6.45) is 0. The zero-order chi connectivity index (χ0) is 20.0. The molecule has 0 atom stereocenters. The minimum Gasteiger partial charge on any atom is -0.399 e. The van der Waals surface area contributed by atoms with Crippen LogP contribution in [0.4, 0.5) is 0 Å². The molecule has 1 heterocycles. The molecule has 2 aliphatic rings. The lowest BCUT2D eigenvalue weighted by atomic mass is 9.75. The fraction of sp³-hybridized carbons (Fsp3) is 0.231. The summed E-state index contributed by atoms with van der Waals surface area (Å²) in [6.45, 7) is 8.42. The average Bonchev–Trinajstić information content (AvgIpc) is 3.12. The van der Waals surface area contributed by atoms with Crippen molar-refractivity contribution in [2.75, 3.05) is 0 Å². The van der Waals surface area contributed by atoms with E-state index in [9.17, 15) is 0 Å². The lowest BCUT2D eigenvalue weighted by molar-refractivity contribution is 0.00578. The normalized spacial score (nSPS) is 18.6. The van der Waals surface area contributed by atoms with Crippen molar-refractivity contribution in [1.29, 1.82) is 0 Å². The van der Waals surface area contributed by atoms with E-state index in [-0.39, 0.29) is 18.3 Å². The second kappa shape index (κ2) is 5.50. The van der Waals surface area contributed by atoms with E-state index in [2.05, 4.69) is 94.4 Å². The summed E-state index contributed by atoms with van der Waals surface area (Å²) in [7, 11) is -0.355. The van der Waals surface area contributed by atoms with Crippen LogP contribution in [0.15, 0.2) is 66.7 Å². The van der Waals surface area contributed by atoms with Crippen molar-refractivity contribution in [2.24, 2.45) is 0 Å². The highest BCUT2D eigenvalue weighted by Gasteiger charge is 2.52. The highest BCUT2D eigenvalue weighted by atomic mass is 16.7. The summed E-state index contributed by atoms with van der Waals surface area (Å²) in [5, 5.41) is 5.09. The summed E-state index contributed by atoms with van der Waals surface area (Å²) in [6, 6.07) is 24.3. The maximum absolute atomic E-state index is 6.38. The number of fused-ring (bicyclic) bond motifs is 4. The standard InChI is InChI=1S/C26H23BO2/c1-25(2)26(3,4)29-27(28-25)23-13-12-19-22-15-17-9-6-5-8-16(17)14-21(22)18-10-7-11-20(23)24(18)19/h5-15H,1-4H3. The van der Waals surface area contributed by atoms with E-state index >= 15 is 0 Å². The Morgan fingerprint density at radius 3 is 1.83 bits per heavy atom. The highest BCUT2D eigenvalue weighted by Crippen LogP contribution is 2.48. The predicted molar refractivity (Wildman–Crippen MR) is 122 cm³/mol. The van der Waals surface area contributed by atoms with E-state index in [1.807, 2.05) is 0 Å². The van der Waals surface area contributed by atoms with Crippen molar-refractivity contribution < 1.29 is 9.31 Å². The van der Waals surface area contributed by atoms with Gasteiger partial charge in [0.2, 0.25) is 0 Å². The second-order valence-corrected chi connectivity index (χ2v) is 9.26. The molecule has 1 aliphatic carbocycles. The molecule has 0 amide bonds. The Balaban J connectivity index is 1.59. The first-order valence-corrected chi connectivity index (χ1v) is 10.3. The Morgan fingerprint density at radius 2 is 1.21 bits per heavy atom. The van der Waals surface area contributed by atoms with Crippen LogP contribution < -0.4 is 5.46 Å². The van der Waals surface area contributed by atoms with Gasteiger partial charge in [-0.05, 0) is 89.1 Å². The highest BCUT2D eigenvalue weighted by molar-refractivity contribution is 6.65. The predicted octanol–water partition coefficient (Wildman–Crippen LogP) is 5.94. The molecule has 4 aromatic carbocycles. The molecule has 1 aliphatic heterocycles. The number of hydrogen-bond acceptors (Lipinski definition) is 2. The van der Waals surface area contributed by atoms with E-state index in [0.29, 0.717) is 0 Å². The first kappa shape index (κ1) is 17.3. The molecule has 2 nitrogen and oxygen atoms in total. The van der Waals surface area contributed by atoms with Crippen LogP contribution in [-0.4, -0.2) is 18.3 Å². The number of hydrogen-bond donors (Lipinski definition) is 0. The van der Waals surface area contributed by atoms with Gasteiger partial charge in [-0.15, -0.1) is 0 Å². The van der Waals surface area contributed by atoms with Crippen LogP contribution >= 0.6 is 0 Å². The van der Waals surface area contributed by atoms with E-state index in [0.717, 1.165) is 5.46 Å². The molecule has 4 aromatic rings. The van der Waals surface area contributed by atoms with Gasteiger partial charge in [-0.1, -0.05) is 54.6 Å². The zero-order valence-electron chi connectivity index (χ0n) is 17.2. The Hall–Kier alpha value is -2.62. The molecule has 0 unspecified atom stereocenters. The Kier molecular flexibility index (Phi) is 3.27. The smallest absolute Gasteiger partial charge is 0.399 e. The molecule has 0 bridgehead atoms. The summed E-state index contributed by atoms with van der Waals surface area (Å²) in [5.74, 6) is 0. The molecular formula is C26H23BO2. The van der Waals surface area contributed by atoms with Gasteiger partial charge in [0.25, 0.3) is 0 Å². The van der Waals surface area contributed by atoms with Crippen molar-refractivity contribution >= 4 is 34.1 Å². The van der Waals surface area contributed by atoms with Crippen molar-refractivity contribution in [2.45, 2.75) is 38.9 Å². The van der Waals surface area contributed by atoms with E-state index in [1.54, 1.807) is 0 Å². The molecule has 1 saturated heterocycles. The van der Waals surface area contributed by atoms with E-state index < -0.39 is 0 Å². The van der Waals surface area contributed by atoms with Crippen molar-refractivity contribution in [3.8, 4) is 22.3 Å². The topological polar surface area (TPSA) is 18.5 Å². The van der Waals surface area contributed by atoms with Crippen LogP contribution in [0.1, 0.15) is 27.7 Å². The fourth-order valence-electron chi connectivity index (χ4n) is 4.74. The van der Waals surface area contributed by atoms with Crippen LogP contribution in [0.3, 0.4) is 0 Å². The minimum absolute atomic E-state index is 0.346. The van der Waals surface area contributed by atoms with Gasteiger partial charge in [0.15, 0.2) is 0 Å². The molecular weight excluding hydrogens is 355 g/mol. The van der Waals surface area contributed by atoms with Gasteiger partial charge in [-0.3, -0.25) is 0 Å². The molecule has 0 saturated carbocycles. The van der Waals surface area contributed by atoms with Gasteiger partial charge in [0.05, 0.1) is 11.2 Å². The van der Waals surface area contributed by atoms with E-state index in [1.165, 1.54) is 43.8 Å². The Morgan fingerprint density at radius 1 is 0.621 bits per heavy atom. The third kappa shape index (κ3) is 2.26. The average molecular weight is 378 g/mol. The number of rotatable bonds is 1. The second-order valence-electron chi connectivity index (χ2n) is 9.26. The summed E-state index contributed by atoms with van der Waals surface area (Å²) in [4.78, 5) is 0. The Bertz CT molecular complexity index is 1250. The van der Waals surface area contributed by atoms with Crippen molar-refractivity contribution in [3.05, 3.63) is 66.7 Å². The van der Waals surface area contributed by atoms with Crippen LogP contribution in [-0.2, 0) is 9.31 Å². The van der Waals surface area contributed by atoms with Crippen LogP contribution in [0.25, 0.3) is 43.8 Å². The third-order valence-electron chi connectivity index (χ3n) is 7.05. The molecule has 0 aromatic heterocycles. The maximum Gasteiger partial charge on any atom is 0.495 e. The lowest BCUT2D eigenvalue weighted by Crippen LogP contribution is -2.41. The third-order valence-corrected chi connectivity index (χ3v) is 7.05. The molecule has 0 N–H and O–H groups in total. The SMILES string of the molecule is CC1(C)OB(c2ccc3c4c(cccc24)-c2cc4ccccc4cc2-3)OC1(C)C. The molecule has 0 radical (unpaired) electrons. The fourth-order valence-corrected chi connectivity index (χ4v) is 4.74. The van der Waals surface area contributed by atoms with Gasteiger partial charge >= 0.3 is 7.12 Å². The van der Waals surface area contributed by atoms with Crippen molar-refractivity contribution in [3.63, 3.8) is 0 Å². The summed E-state index contributed by atoms with van der Waals surface area (Å²) in [5.41, 5.74) is 5.66. The van der Waals surface area contributed by atoms with Crippen LogP contribution in [0.2, 0.25) is 0 Å². The van der Waals surface area contributed by atoms with E-state index in [4.69, 9.17) is 9.31 Å². The molecule has 6 rings (SSSR count). The summed E-state index contributed by atoms with van der Waals surface area (Å²) >= 11 is 0. The van der Waals surface area contributed by atoms with Gasteiger partial charge in [-0.2, -0.15) is 0 Å². The first-order valence-electron chi connectivity index (χ1n) is 10.3. The minimum atomic E-state index is -0.355. The van der Waals surface area contributed by atoms with Gasteiger partial charge in [0, 0.05) is 0 Å². The molecule has 29 heavy (non-hydrogen) atoms. The number of benzene rings is 4. The zero-order valence-corrected chi connectivity index (χ0v) is 17.2. The van der Waals surface area contributed by atoms with Gasteiger partial charge in [0.1, 0.15) is 0 Å². The lowest BCUT2D eigenvalue weighted by Gasteiger charge is -2.32. The summed E-state index contributed by atoms with van der Waals surface area (Å²) < 4.78 is 12.8. The quantitative estimate of drug-likeness (QED) is 0.336. The maximum atomic E-state index is 6.38. The van der Waals surface area contributed by atoms with Gasteiger partial charge in [-0.25, -0.2) is 0 Å².